The zero-order valence-electron chi connectivity index (χ0n) is 23.2. The number of rotatable bonds is 8. The largest absolute Gasteiger partial charge is 0.465 e. The number of aromatic nitrogens is 1. The molecular weight excluding hydrogens is 634 g/mol. The van der Waals surface area contributed by atoms with Crippen molar-refractivity contribution in [2.75, 3.05) is 14.2 Å². The van der Waals surface area contributed by atoms with E-state index in [1.807, 2.05) is 30.3 Å². The van der Waals surface area contributed by atoms with Crippen LogP contribution in [0.25, 0.3) is 21.9 Å². The standard InChI is InChI=1S/C33H26BrNO7S/c1-41-32(37)24-12-8-22(9-13-24)20-43(39,40)26-15-10-21(11-16-26)19-35-30(33(38)42-2)29(23-6-4-3-5-7-23)28-18-25(34)14-17-27(28)31(35)36/h3-18H,19-20H2,1-2H3. The van der Waals surface area contributed by atoms with Gasteiger partial charge in [-0.05, 0) is 64.5 Å². The number of hydrogen-bond acceptors (Lipinski definition) is 7. The Morgan fingerprint density at radius 2 is 1.40 bits per heavy atom. The fraction of sp³-hybridized carbons (Fsp3) is 0.121. The summed E-state index contributed by atoms with van der Waals surface area (Å²) in [6.07, 6.45) is 0. The third-order valence-electron chi connectivity index (χ3n) is 7.03. The molecule has 5 rings (SSSR count). The molecule has 0 radical (unpaired) electrons. The third kappa shape index (κ3) is 6.16. The van der Waals surface area contributed by atoms with E-state index >= 15 is 0 Å². The van der Waals surface area contributed by atoms with Crippen LogP contribution in [0, 0.1) is 0 Å². The molecule has 1 aromatic heterocycles. The van der Waals surface area contributed by atoms with Crippen LogP contribution in [0.3, 0.4) is 0 Å². The minimum absolute atomic E-state index is 0.00439. The van der Waals surface area contributed by atoms with Crippen LogP contribution in [0.15, 0.2) is 111 Å². The molecule has 0 atom stereocenters. The highest BCUT2D eigenvalue weighted by molar-refractivity contribution is 9.10. The van der Waals surface area contributed by atoms with Crippen LogP contribution in [0.2, 0.25) is 0 Å². The molecule has 0 amide bonds. The Morgan fingerprint density at radius 1 is 0.767 bits per heavy atom. The van der Waals surface area contributed by atoms with Gasteiger partial charge < -0.3 is 9.47 Å². The van der Waals surface area contributed by atoms with Gasteiger partial charge in [-0.25, -0.2) is 18.0 Å². The summed E-state index contributed by atoms with van der Waals surface area (Å²) < 4.78 is 38.2. The van der Waals surface area contributed by atoms with Crippen molar-refractivity contribution in [3.05, 3.63) is 134 Å². The molecule has 0 saturated carbocycles. The lowest BCUT2D eigenvalue weighted by atomic mass is 9.96. The summed E-state index contributed by atoms with van der Waals surface area (Å²) in [7, 11) is -1.17. The van der Waals surface area contributed by atoms with Crippen molar-refractivity contribution >= 4 is 48.5 Å². The van der Waals surface area contributed by atoms with Crippen LogP contribution in [0.1, 0.15) is 32.0 Å². The number of fused-ring (bicyclic) bond motifs is 1. The Bertz CT molecular complexity index is 2000. The van der Waals surface area contributed by atoms with Crippen LogP contribution < -0.4 is 5.56 Å². The summed E-state index contributed by atoms with van der Waals surface area (Å²) in [6, 6.07) is 26.9. The number of nitrogens with zero attached hydrogens (tertiary/aromatic N) is 1. The number of carbonyl (C=O) groups is 2. The second-order valence-corrected chi connectivity index (χ2v) is 12.7. The smallest absolute Gasteiger partial charge is 0.355 e. The Morgan fingerprint density at radius 3 is 2.02 bits per heavy atom. The van der Waals surface area contributed by atoms with Gasteiger partial charge in [0.25, 0.3) is 5.56 Å². The third-order valence-corrected chi connectivity index (χ3v) is 9.23. The molecule has 0 spiro atoms. The van der Waals surface area contributed by atoms with E-state index < -0.39 is 21.8 Å². The first-order valence-corrected chi connectivity index (χ1v) is 15.6. The van der Waals surface area contributed by atoms with Gasteiger partial charge in [-0.2, -0.15) is 0 Å². The summed E-state index contributed by atoms with van der Waals surface area (Å²) in [4.78, 5) is 38.8. The predicted octanol–water partition coefficient (Wildman–Crippen LogP) is 6.03. The number of methoxy groups -OCH3 is 2. The van der Waals surface area contributed by atoms with E-state index in [9.17, 15) is 22.8 Å². The first kappa shape index (κ1) is 29.9. The minimum Gasteiger partial charge on any atom is -0.465 e. The number of ether oxygens (including phenoxy) is 2. The molecule has 0 saturated heterocycles. The Labute approximate surface area is 256 Å². The quantitative estimate of drug-likeness (QED) is 0.187. The maximum absolute atomic E-state index is 13.8. The zero-order chi connectivity index (χ0) is 30.7. The van der Waals surface area contributed by atoms with Crippen molar-refractivity contribution in [3.63, 3.8) is 0 Å². The Balaban J connectivity index is 1.53. The lowest BCUT2D eigenvalue weighted by Gasteiger charge is -2.19. The first-order chi connectivity index (χ1) is 20.6. The molecule has 0 aliphatic carbocycles. The maximum Gasteiger partial charge on any atom is 0.355 e. The molecule has 4 aromatic carbocycles. The molecule has 0 N–H and O–H groups in total. The van der Waals surface area contributed by atoms with Gasteiger partial charge >= 0.3 is 11.9 Å². The number of hydrogen-bond donors (Lipinski definition) is 0. The molecule has 0 aliphatic rings. The van der Waals surface area contributed by atoms with Crippen molar-refractivity contribution < 1.29 is 27.5 Å². The highest BCUT2D eigenvalue weighted by Crippen LogP contribution is 2.33. The minimum atomic E-state index is -3.71. The number of sulfone groups is 1. The lowest BCUT2D eigenvalue weighted by molar-refractivity contribution is 0.0584. The summed E-state index contributed by atoms with van der Waals surface area (Å²) >= 11 is 3.48. The van der Waals surface area contributed by atoms with Crippen molar-refractivity contribution in [1.82, 2.24) is 4.57 Å². The summed E-state index contributed by atoms with van der Waals surface area (Å²) in [5, 5.41) is 1.02. The van der Waals surface area contributed by atoms with E-state index in [-0.39, 0.29) is 28.4 Å². The van der Waals surface area contributed by atoms with Gasteiger partial charge in [0, 0.05) is 15.4 Å². The number of esters is 2. The predicted molar refractivity (Wildman–Crippen MR) is 167 cm³/mol. The van der Waals surface area contributed by atoms with Crippen LogP contribution in [-0.4, -0.2) is 39.1 Å². The fourth-order valence-electron chi connectivity index (χ4n) is 4.92. The van der Waals surface area contributed by atoms with Gasteiger partial charge in [0.1, 0.15) is 5.69 Å². The molecule has 43 heavy (non-hydrogen) atoms. The average Bonchev–Trinajstić information content (AvgIpc) is 3.02. The van der Waals surface area contributed by atoms with Gasteiger partial charge in [-0.3, -0.25) is 9.36 Å². The van der Waals surface area contributed by atoms with Gasteiger partial charge in [0.05, 0.1) is 37.0 Å². The van der Waals surface area contributed by atoms with Crippen LogP contribution in [-0.2, 0) is 31.6 Å². The van der Waals surface area contributed by atoms with E-state index in [4.69, 9.17) is 4.74 Å². The van der Waals surface area contributed by atoms with E-state index in [1.165, 1.54) is 43.1 Å². The van der Waals surface area contributed by atoms with E-state index in [2.05, 4.69) is 20.7 Å². The monoisotopic (exact) mass is 659 g/mol. The van der Waals surface area contributed by atoms with Crippen LogP contribution in [0.4, 0.5) is 0 Å². The van der Waals surface area contributed by atoms with Gasteiger partial charge in [0.15, 0.2) is 9.84 Å². The second-order valence-electron chi connectivity index (χ2n) is 9.75. The number of benzene rings is 4. The van der Waals surface area contributed by atoms with Crippen LogP contribution >= 0.6 is 15.9 Å². The second kappa shape index (κ2) is 12.4. The molecule has 1 heterocycles. The summed E-state index contributed by atoms with van der Waals surface area (Å²) in [5.41, 5.74) is 2.46. The molecule has 10 heteroatoms. The van der Waals surface area contributed by atoms with Crippen molar-refractivity contribution in [2.45, 2.75) is 17.2 Å². The maximum atomic E-state index is 13.8. The molecule has 218 valence electrons. The molecule has 0 fully saturated rings. The number of halogens is 1. The molecule has 5 aromatic rings. The molecule has 0 unspecified atom stereocenters. The Kier molecular flexibility index (Phi) is 8.61. The van der Waals surface area contributed by atoms with Gasteiger partial charge in [-0.15, -0.1) is 0 Å². The van der Waals surface area contributed by atoms with E-state index in [0.29, 0.717) is 33.0 Å². The summed E-state index contributed by atoms with van der Waals surface area (Å²) in [5.74, 6) is -1.44. The van der Waals surface area contributed by atoms with Crippen LogP contribution in [0.5, 0.6) is 0 Å². The topological polar surface area (TPSA) is 109 Å². The average molecular weight is 661 g/mol. The molecular formula is C33H26BrNO7S. The fourth-order valence-corrected chi connectivity index (χ4v) is 6.63. The zero-order valence-corrected chi connectivity index (χ0v) is 25.6. The molecule has 0 aliphatic heterocycles. The van der Waals surface area contributed by atoms with Crippen molar-refractivity contribution in [3.8, 4) is 11.1 Å². The van der Waals surface area contributed by atoms with E-state index in [0.717, 1.165) is 10.0 Å². The first-order valence-electron chi connectivity index (χ1n) is 13.1. The van der Waals surface area contributed by atoms with E-state index in [1.54, 1.807) is 42.5 Å². The molecule has 8 nitrogen and oxygen atoms in total. The van der Waals surface area contributed by atoms with Crippen molar-refractivity contribution in [1.29, 1.82) is 0 Å². The lowest BCUT2D eigenvalue weighted by Crippen LogP contribution is -2.28. The highest BCUT2D eigenvalue weighted by atomic mass is 79.9. The summed E-state index contributed by atoms with van der Waals surface area (Å²) in [6.45, 7) is 0.00439. The SMILES string of the molecule is COC(=O)c1ccc(CS(=O)(=O)c2ccc(Cn3c(C(=O)OC)c(-c4ccccc4)c4cc(Br)ccc4c3=O)cc2)cc1. The Hall–Kier alpha value is -4.54. The van der Waals surface area contributed by atoms with Crippen molar-refractivity contribution in [2.24, 2.45) is 0 Å². The molecule has 0 bridgehead atoms. The number of carbonyl (C=O) groups excluding carboxylic acids is 2. The highest BCUT2D eigenvalue weighted by Gasteiger charge is 2.25. The number of pyridine rings is 1. The van der Waals surface area contributed by atoms with Gasteiger partial charge in [0.2, 0.25) is 0 Å². The normalized spacial score (nSPS) is 11.3. The van der Waals surface area contributed by atoms with Gasteiger partial charge in [-0.1, -0.05) is 70.5 Å².